The Labute approximate surface area is 195 Å². The van der Waals surface area contributed by atoms with Crippen molar-refractivity contribution in [3.05, 3.63) is 108 Å². The predicted octanol–water partition coefficient (Wildman–Crippen LogP) is 4.41. The van der Waals surface area contributed by atoms with Crippen LogP contribution in [0.5, 0.6) is 0 Å². The number of carbonyl (C=O) groups excluding carboxylic acids is 3. The third-order valence-corrected chi connectivity index (χ3v) is 6.47. The molecular formula is C26H22O6S. The largest absolute Gasteiger partial charge is 0.461 e. The molecule has 6 nitrogen and oxygen atoms in total. The van der Waals surface area contributed by atoms with E-state index in [4.69, 9.17) is 14.2 Å². The van der Waals surface area contributed by atoms with Gasteiger partial charge in [-0.2, -0.15) is 0 Å². The summed E-state index contributed by atoms with van der Waals surface area (Å²) in [6.45, 7) is 0.0184. The Bertz CT molecular complexity index is 1090. The van der Waals surface area contributed by atoms with Crippen molar-refractivity contribution >= 4 is 29.7 Å². The Morgan fingerprint density at radius 2 is 1.12 bits per heavy atom. The lowest BCUT2D eigenvalue weighted by Gasteiger charge is -2.24. The van der Waals surface area contributed by atoms with Gasteiger partial charge in [0.05, 0.1) is 21.9 Å². The highest BCUT2D eigenvalue weighted by Crippen LogP contribution is 2.33. The van der Waals surface area contributed by atoms with Crippen LogP contribution in [0.2, 0.25) is 0 Å². The fourth-order valence-corrected chi connectivity index (χ4v) is 4.68. The number of hydrogen-bond acceptors (Lipinski definition) is 7. The van der Waals surface area contributed by atoms with Gasteiger partial charge in [0.2, 0.25) is 0 Å². The van der Waals surface area contributed by atoms with Gasteiger partial charge in [0.15, 0.2) is 6.10 Å². The number of carbonyl (C=O) groups is 3. The molecule has 0 aromatic heterocycles. The first kappa shape index (κ1) is 22.6. The Kier molecular flexibility index (Phi) is 7.42. The zero-order valence-electron chi connectivity index (χ0n) is 17.7. The van der Waals surface area contributed by atoms with Crippen LogP contribution in [0.25, 0.3) is 0 Å². The lowest BCUT2D eigenvalue weighted by atomic mass is 10.1. The predicted molar refractivity (Wildman–Crippen MR) is 124 cm³/mol. The topological polar surface area (TPSA) is 78.9 Å². The summed E-state index contributed by atoms with van der Waals surface area (Å²) in [5.41, 5.74) is 1.24. The molecule has 3 atom stereocenters. The zero-order valence-corrected chi connectivity index (χ0v) is 18.5. The molecule has 1 saturated heterocycles. The molecule has 4 rings (SSSR count). The summed E-state index contributed by atoms with van der Waals surface area (Å²) < 4.78 is 16.9. The number of benzene rings is 3. The smallest absolute Gasteiger partial charge is 0.338 e. The second-order valence-electron chi connectivity index (χ2n) is 7.38. The summed E-state index contributed by atoms with van der Waals surface area (Å²) in [6.07, 6.45) is -1.44. The molecule has 1 aliphatic rings. The van der Waals surface area contributed by atoms with Gasteiger partial charge in [0, 0.05) is 5.75 Å². The van der Waals surface area contributed by atoms with E-state index in [1.54, 1.807) is 78.9 Å². The van der Waals surface area contributed by atoms with Crippen LogP contribution in [0.4, 0.5) is 0 Å². The van der Waals surface area contributed by atoms with Gasteiger partial charge in [-0.15, -0.1) is 11.8 Å². The minimum atomic E-state index is -0.765. The second kappa shape index (κ2) is 10.8. The maximum Gasteiger partial charge on any atom is 0.338 e. The van der Waals surface area contributed by atoms with E-state index < -0.39 is 30.1 Å². The first-order valence-electron chi connectivity index (χ1n) is 10.5. The van der Waals surface area contributed by atoms with Crippen molar-refractivity contribution in [2.45, 2.75) is 17.5 Å². The summed E-state index contributed by atoms with van der Waals surface area (Å²) >= 11 is 1.44. The number of thioether (sulfide) groups is 1. The van der Waals surface area contributed by atoms with Crippen molar-refractivity contribution in [2.24, 2.45) is 0 Å². The van der Waals surface area contributed by atoms with Crippen LogP contribution in [-0.2, 0) is 14.2 Å². The summed E-state index contributed by atoms with van der Waals surface area (Å²) in [5.74, 6) is -1.07. The molecule has 3 aromatic carbocycles. The van der Waals surface area contributed by atoms with Crippen molar-refractivity contribution in [2.75, 3.05) is 12.4 Å². The van der Waals surface area contributed by atoms with Crippen molar-refractivity contribution < 1.29 is 28.6 Å². The average molecular weight is 463 g/mol. The molecule has 7 heteroatoms. The van der Waals surface area contributed by atoms with E-state index in [0.29, 0.717) is 22.4 Å². The first-order valence-corrected chi connectivity index (χ1v) is 11.5. The quantitative estimate of drug-likeness (QED) is 0.380. The zero-order chi connectivity index (χ0) is 23.0. The number of ether oxygens (including phenoxy) is 3. The third-order valence-electron chi connectivity index (χ3n) is 5.12. The van der Waals surface area contributed by atoms with Gasteiger partial charge in [0.25, 0.3) is 0 Å². The van der Waals surface area contributed by atoms with E-state index in [2.05, 4.69) is 0 Å². The van der Waals surface area contributed by atoms with E-state index >= 15 is 0 Å². The Morgan fingerprint density at radius 3 is 1.64 bits per heavy atom. The molecule has 3 aromatic rings. The lowest BCUT2D eigenvalue weighted by Crippen LogP contribution is -2.39. The molecule has 0 saturated carbocycles. The number of esters is 3. The normalized spacial score (nSPS) is 19.5. The molecule has 2 unspecified atom stereocenters. The van der Waals surface area contributed by atoms with E-state index in [-0.39, 0.29) is 11.9 Å². The van der Waals surface area contributed by atoms with Gasteiger partial charge in [0.1, 0.15) is 12.7 Å². The fraction of sp³-hybridized carbons (Fsp3) is 0.192. The van der Waals surface area contributed by atoms with Crippen LogP contribution in [0, 0.1) is 0 Å². The molecule has 1 fully saturated rings. The van der Waals surface area contributed by atoms with Gasteiger partial charge in [-0.25, -0.2) is 14.4 Å². The molecule has 0 N–H and O–H groups in total. The molecule has 33 heavy (non-hydrogen) atoms. The molecule has 0 aliphatic carbocycles. The fourth-order valence-electron chi connectivity index (χ4n) is 3.40. The summed E-state index contributed by atoms with van der Waals surface area (Å²) in [6, 6.07) is 25.9. The van der Waals surface area contributed by atoms with Crippen LogP contribution < -0.4 is 0 Å². The molecule has 168 valence electrons. The average Bonchev–Trinajstić information content (AvgIpc) is 3.24. The van der Waals surface area contributed by atoms with Crippen molar-refractivity contribution in [1.29, 1.82) is 0 Å². The SMILES string of the molecule is O=C(OC[C@@H]1SCC(OC(=O)c2ccccc2)C1OC(=O)c1ccccc1)c1ccccc1. The third kappa shape index (κ3) is 5.81. The Balaban J connectivity index is 1.46. The molecule has 0 radical (unpaired) electrons. The van der Waals surface area contributed by atoms with Crippen LogP contribution >= 0.6 is 11.8 Å². The summed E-state index contributed by atoms with van der Waals surface area (Å²) in [7, 11) is 0. The van der Waals surface area contributed by atoms with Gasteiger partial charge in [-0.1, -0.05) is 54.6 Å². The highest BCUT2D eigenvalue weighted by atomic mass is 32.2. The number of rotatable bonds is 7. The van der Waals surface area contributed by atoms with Crippen LogP contribution in [0.3, 0.4) is 0 Å². The van der Waals surface area contributed by atoms with E-state index in [9.17, 15) is 14.4 Å². The molecule has 1 aliphatic heterocycles. The van der Waals surface area contributed by atoms with E-state index in [1.807, 2.05) is 12.1 Å². The minimum Gasteiger partial charge on any atom is -0.461 e. The van der Waals surface area contributed by atoms with Crippen LogP contribution in [0.1, 0.15) is 31.1 Å². The number of hydrogen-bond donors (Lipinski definition) is 0. The second-order valence-corrected chi connectivity index (χ2v) is 8.65. The van der Waals surface area contributed by atoms with Crippen molar-refractivity contribution in [3.8, 4) is 0 Å². The molecule has 0 amide bonds. The van der Waals surface area contributed by atoms with Gasteiger partial charge < -0.3 is 14.2 Å². The highest BCUT2D eigenvalue weighted by molar-refractivity contribution is 8.00. The van der Waals surface area contributed by atoms with Crippen molar-refractivity contribution in [1.82, 2.24) is 0 Å². The molecular weight excluding hydrogens is 440 g/mol. The minimum absolute atomic E-state index is 0.0184. The standard InChI is InChI=1S/C26H22O6S/c27-24(18-10-4-1-5-11-18)30-16-22-23(32-26(29)20-14-8-3-9-15-20)21(17-33-22)31-25(28)19-12-6-2-7-13-19/h1-15,21-23H,16-17H2/t21?,22-,23?/m0/s1. The van der Waals surface area contributed by atoms with Gasteiger partial charge in [-0.3, -0.25) is 0 Å². The van der Waals surface area contributed by atoms with Crippen LogP contribution in [0.15, 0.2) is 91.0 Å². The van der Waals surface area contributed by atoms with Gasteiger partial charge >= 0.3 is 17.9 Å². The van der Waals surface area contributed by atoms with E-state index in [1.165, 1.54) is 11.8 Å². The maximum atomic E-state index is 12.7. The lowest BCUT2D eigenvalue weighted by molar-refractivity contribution is -0.0295. The van der Waals surface area contributed by atoms with Crippen LogP contribution in [-0.4, -0.2) is 47.7 Å². The molecule has 0 spiro atoms. The van der Waals surface area contributed by atoms with Crippen molar-refractivity contribution in [3.63, 3.8) is 0 Å². The Hall–Kier alpha value is -3.58. The highest BCUT2D eigenvalue weighted by Gasteiger charge is 2.43. The first-order chi connectivity index (χ1) is 16.1. The maximum absolute atomic E-state index is 12.7. The van der Waals surface area contributed by atoms with Gasteiger partial charge in [-0.05, 0) is 36.4 Å². The molecule has 1 heterocycles. The summed E-state index contributed by atoms with van der Waals surface area (Å²) in [4.78, 5) is 37.7. The molecule has 0 bridgehead atoms. The Morgan fingerprint density at radius 1 is 0.667 bits per heavy atom. The summed E-state index contributed by atoms with van der Waals surface area (Å²) in [5, 5.41) is -0.376. The monoisotopic (exact) mass is 462 g/mol. The van der Waals surface area contributed by atoms with E-state index in [0.717, 1.165) is 0 Å².